The average molecular weight is 147 g/mol. The number of ether oxygens (including phenoxy) is 1. The molecule has 1 saturated heterocycles. The van der Waals surface area contributed by atoms with E-state index in [9.17, 15) is 0 Å². The molecule has 1 N–H and O–H groups in total. The molecule has 52 valence electrons. The Hall–Kier alpha value is -0.380. The smallest absolute Gasteiger partial charge is 0.238 e. The highest BCUT2D eigenvalue weighted by molar-refractivity contribution is 8.00. The van der Waals surface area contributed by atoms with Crippen molar-refractivity contribution in [3.05, 3.63) is 0 Å². The van der Waals surface area contributed by atoms with E-state index >= 15 is 0 Å². The summed E-state index contributed by atoms with van der Waals surface area (Å²) < 4.78 is 5.02. The van der Waals surface area contributed by atoms with Gasteiger partial charge in [-0.1, -0.05) is 5.16 Å². The summed E-state index contributed by atoms with van der Waals surface area (Å²) in [5, 5.41) is 11.5. The Kier molecular flexibility index (Phi) is 2.22. The van der Waals surface area contributed by atoms with Crippen LogP contribution in [0.25, 0.3) is 0 Å². The van der Waals surface area contributed by atoms with E-state index in [0.717, 1.165) is 5.75 Å². The maximum absolute atomic E-state index is 8.31. The van der Waals surface area contributed by atoms with Crippen molar-refractivity contribution in [3.8, 4) is 0 Å². The molecule has 3 nitrogen and oxygen atoms in total. The number of hydrogen-bond acceptors (Lipinski definition) is 4. The maximum Gasteiger partial charge on any atom is 0.238 e. The van der Waals surface area contributed by atoms with Gasteiger partial charge < -0.3 is 9.94 Å². The van der Waals surface area contributed by atoms with Gasteiger partial charge in [-0.25, -0.2) is 0 Å². The lowest BCUT2D eigenvalue weighted by molar-refractivity contribution is 0.257. The van der Waals surface area contributed by atoms with E-state index in [-0.39, 0.29) is 5.25 Å². The van der Waals surface area contributed by atoms with Crippen LogP contribution in [0.1, 0.15) is 6.92 Å². The highest BCUT2D eigenvalue weighted by Crippen LogP contribution is 2.17. The summed E-state index contributed by atoms with van der Waals surface area (Å²) >= 11 is 1.73. The Labute approximate surface area is 58.1 Å². The molecule has 0 aliphatic carbocycles. The van der Waals surface area contributed by atoms with Crippen molar-refractivity contribution in [2.75, 3.05) is 12.4 Å². The first-order chi connectivity index (χ1) is 4.34. The van der Waals surface area contributed by atoms with E-state index in [1.165, 1.54) is 0 Å². The summed E-state index contributed by atoms with van der Waals surface area (Å²) in [6.07, 6.45) is 0. The van der Waals surface area contributed by atoms with Crippen LogP contribution in [0.5, 0.6) is 0 Å². The van der Waals surface area contributed by atoms with Gasteiger partial charge in [0.15, 0.2) is 0 Å². The van der Waals surface area contributed by atoms with Gasteiger partial charge in [-0.15, -0.1) is 11.8 Å². The second-order valence-corrected chi connectivity index (χ2v) is 3.25. The molecule has 0 aromatic heterocycles. The highest BCUT2D eigenvalue weighted by atomic mass is 32.2. The molecule has 1 unspecified atom stereocenters. The van der Waals surface area contributed by atoms with Gasteiger partial charge in [0.1, 0.15) is 0 Å². The van der Waals surface area contributed by atoms with Crippen molar-refractivity contribution in [1.82, 2.24) is 0 Å². The maximum atomic E-state index is 8.31. The lowest BCUT2D eigenvalue weighted by Gasteiger charge is -2.18. The lowest BCUT2D eigenvalue weighted by atomic mass is 10.5. The quantitative estimate of drug-likeness (QED) is 0.409. The second-order valence-electron chi connectivity index (χ2n) is 1.80. The summed E-state index contributed by atoms with van der Waals surface area (Å²) in [6.45, 7) is 2.62. The third-order valence-electron chi connectivity index (χ3n) is 1.15. The van der Waals surface area contributed by atoms with Crippen LogP contribution in [0.3, 0.4) is 0 Å². The van der Waals surface area contributed by atoms with Gasteiger partial charge in [0.05, 0.1) is 11.9 Å². The van der Waals surface area contributed by atoms with Crippen molar-refractivity contribution < 1.29 is 9.94 Å². The Balaban J connectivity index is 2.49. The second kappa shape index (κ2) is 2.96. The van der Waals surface area contributed by atoms with E-state index < -0.39 is 0 Å². The first kappa shape index (κ1) is 6.74. The molecule has 0 aromatic carbocycles. The van der Waals surface area contributed by atoms with Crippen molar-refractivity contribution in [3.63, 3.8) is 0 Å². The zero-order valence-electron chi connectivity index (χ0n) is 5.20. The minimum atomic E-state index is 0.212. The molecular weight excluding hydrogens is 138 g/mol. The molecule has 0 amide bonds. The molecule has 1 atom stereocenters. The molecule has 4 heteroatoms. The number of thioether (sulfide) groups is 1. The zero-order valence-corrected chi connectivity index (χ0v) is 6.02. The molecule has 0 bridgehead atoms. The van der Waals surface area contributed by atoms with Crippen LogP contribution in [-0.4, -0.2) is 28.7 Å². The Morgan fingerprint density at radius 1 is 1.89 bits per heavy atom. The van der Waals surface area contributed by atoms with Crippen LogP contribution in [-0.2, 0) is 4.74 Å². The van der Waals surface area contributed by atoms with Crippen molar-refractivity contribution in [2.45, 2.75) is 12.2 Å². The van der Waals surface area contributed by atoms with Gasteiger partial charge in [0.25, 0.3) is 0 Å². The number of hydrogen-bond donors (Lipinski definition) is 1. The fraction of sp³-hybridized carbons (Fsp3) is 0.800. The molecule has 1 aliphatic heterocycles. The van der Waals surface area contributed by atoms with E-state index in [1.54, 1.807) is 11.8 Å². The first-order valence-electron chi connectivity index (χ1n) is 2.81. The summed E-state index contributed by atoms with van der Waals surface area (Å²) in [7, 11) is 0. The van der Waals surface area contributed by atoms with Crippen LogP contribution >= 0.6 is 11.8 Å². The zero-order chi connectivity index (χ0) is 6.69. The van der Waals surface area contributed by atoms with Crippen LogP contribution in [0.15, 0.2) is 5.16 Å². The van der Waals surface area contributed by atoms with Gasteiger partial charge in [-0.05, 0) is 6.92 Å². The van der Waals surface area contributed by atoms with Crippen LogP contribution in [0.2, 0.25) is 0 Å². The summed E-state index contributed by atoms with van der Waals surface area (Å²) in [4.78, 5) is 0. The lowest BCUT2D eigenvalue weighted by Crippen LogP contribution is -2.24. The number of oxime groups is 1. The van der Waals surface area contributed by atoms with Gasteiger partial charge >= 0.3 is 0 Å². The third kappa shape index (κ3) is 1.51. The minimum absolute atomic E-state index is 0.212. The topological polar surface area (TPSA) is 41.8 Å². The Bertz CT molecular complexity index is 126. The predicted octanol–water partition coefficient (Wildman–Crippen LogP) is 0.926. The van der Waals surface area contributed by atoms with Gasteiger partial charge in [0.2, 0.25) is 5.90 Å². The average Bonchev–Trinajstić information content (AvgIpc) is 1.89. The van der Waals surface area contributed by atoms with Crippen molar-refractivity contribution >= 4 is 17.7 Å². The van der Waals surface area contributed by atoms with E-state index in [4.69, 9.17) is 9.94 Å². The SMILES string of the molecule is CC1SCCO/C1=N\O. The number of nitrogens with zero attached hydrogens (tertiary/aromatic N) is 1. The third-order valence-corrected chi connectivity index (χ3v) is 2.25. The van der Waals surface area contributed by atoms with E-state index in [1.807, 2.05) is 6.92 Å². The molecule has 0 aromatic rings. The molecule has 0 spiro atoms. The van der Waals surface area contributed by atoms with Gasteiger partial charge in [-0.2, -0.15) is 0 Å². The molecule has 1 aliphatic rings. The Morgan fingerprint density at radius 2 is 2.67 bits per heavy atom. The molecular formula is C5H9NO2S. The monoisotopic (exact) mass is 147 g/mol. The van der Waals surface area contributed by atoms with Gasteiger partial charge in [0, 0.05) is 5.75 Å². The minimum Gasteiger partial charge on any atom is -0.477 e. The molecule has 1 heterocycles. The van der Waals surface area contributed by atoms with Crippen molar-refractivity contribution in [2.24, 2.45) is 5.16 Å². The first-order valence-corrected chi connectivity index (χ1v) is 3.86. The molecule has 9 heavy (non-hydrogen) atoms. The summed E-state index contributed by atoms with van der Waals surface area (Å²) in [5.41, 5.74) is 0. The fourth-order valence-electron chi connectivity index (χ4n) is 0.670. The summed E-state index contributed by atoms with van der Waals surface area (Å²) in [6, 6.07) is 0. The highest BCUT2D eigenvalue weighted by Gasteiger charge is 2.17. The van der Waals surface area contributed by atoms with Crippen LogP contribution < -0.4 is 0 Å². The van der Waals surface area contributed by atoms with Crippen molar-refractivity contribution in [1.29, 1.82) is 0 Å². The normalized spacial score (nSPS) is 32.1. The van der Waals surface area contributed by atoms with Crippen LogP contribution in [0.4, 0.5) is 0 Å². The molecule has 0 radical (unpaired) electrons. The van der Waals surface area contributed by atoms with Gasteiger partial charge in [-0.3, -0.25) is 0 Å². The molecule has 0 saturated carbocycles. The summed E-state index contributed by atoms with van der Waals surface area (Å²) in [5.74, 6) is 1.44. The molecule has 1 fully saturated rings. The standard InChI is InChI=1S/C5H9NO2S/c1-4-5(6-7)8-2-3-9-4/h4,7H,2-3H2,1H3/b6-5-. The predicted molar refractivity (Wildman–Crippen MR) is 37.1 cm³/mol. The van der Waals surface area contributed by atoms with E-state index in [2.05, 4.69) is 5.16 Å². The largest absolute Gasteiger partial charge is 0.477 e. The molecule has 1 rings (SSSR count). The van der Waals surface area contributed by atoms with Crippen LogP contribution in [0, 0.1) is 0 Å². The van der Waals surface area contributed by atoms with E-state index in [0.29, 0.717) is 12.5 Å². The fourth-order valence-corrected chi connectivity index (χ4v) is 1.46. The Morgan fingerprint density at radius 3 is 3.11 bits per heavy atom. The number of rotatable bonds is 0.